The lowest BCUT2D eigenvalue weighted by Gasteiger charge is -2.39. The molecule has 0 saturated carbocycles. The molecule has 0 aromatic heterocycles. The quantitative estimate of drug-likeness (QED) is 0.647. The van der Waals surface area contributed by atoms with Gasteiger partial charge in [-0.05, 0) is 31.6 Å². The van der Waals surface area contributed by atoms with Gasteiger partial charge in [0.15, 0.2) is 0 Å². The molecule has 0 fully saturated rings. The third kappa shape index (κ3) is 2.70. The number of hydrogen-bond donors (Lipinski definition) is 1. The van der Waals surface area contributed by atoms with Gasteiger partial charge in [-0.1, -0.05) is 31.6 Å². The summed E-state index contributed by atoms with van der Waals surface area (Å²) in [6.07, 6.45) is 6.38. The highest BCUT2D eigenvalue weighted by molar-refractivity contribution is 5.18. The van der Waals surface area contributed by atoms with Crippen LogP contribution in [0.4, 0.5) is 0 Å². The molecule has 0 amide bonds. The molecule has 1 aliphatic rings. The maximum Gasteiger partial charge on any atom is 0.0869 e. The molecule has 1 aliphatic carbocycles. The molecule has 1 N–H and O–H groups in total. The van der Waals surface area contributed by atoms with Crippen molar-refractivity contribution in [3.8, 4) is 0 Å². The molecule has 1 rings (SSSR count). The smallest absolute Gasteiger partial charge is 0.0869 e. The van der Waals surface area contributed by atoms with Gasteiger partial charge in [-0.25, -0.2) is 0 Å². The first-order valence-electron chi connectivity index (χ1n) is 4.89. The van der Waals surface area contributed by atoms with E-state index in [9.17, 15) is 5.11 Å². The first-order valence-corrected chi connectivity index (χ1v) is 4.89. The summed E-state index contributed by atoms with van der Waals surface area (Å²) in [6.45, 7) is 10.2. The van der Waals surface area contributed by atoms with Crippen LogP contribution in [0, 0.1) is 5.41 Å². The Morgan fingerprint density at radius 2 is 2.23 bits per heavy atom. The van der Waals surface area contributed by atoms with Gasteiger partial charge >= 0.3 is 0 Å². The van der Waals surface area contributed by atoms with Crippen LogP contribution in [0.3, 0.4) is 0 Å². The van der Waals surface area contributed by atoms with E-state index in [4.69, 9.17) is 0 Å². The van der Waals surface area contributed by atoms with Gasteiger partial charge < -0.3 is 5.11 Å². The van der Waals surface area contributed by atoms with Gasteiger partial charge in [0.1, 0.15) is 0 Å². The second kappa shape index (κ2) is 3.30. The van der Waals surface area contributed by atoms with Crippen LogP contribution in [0.5, 0.6) is 0 Å². The second-order valence-corrected chi connectivity index (χ2v) is 5.10. The van der Waals surface area contributed by atoms with E-state index in [2.05, 4.69) is 27.4 Å². The topological polar surface area (TPSA) is 20.2 Å². The molecule has 0 bridgehead atoms. The van der Waals surface area contributed by atoms with Gasteiger partial charge in [0.2, 0.25) is 0 Å². The molecular formula is C12H20O. The molecule has 1 atom stereocenters. The van der Waals surface area contributed by atoms with Crippen molar-refractivity contribution in [1.82, 2.24) is 0 Å². The van der Waals surface area contributed by atoms with Gasteiger partial charge in [-0.2, -0.15) is 0 Å². The molecule has 74 valence electrons. The minimum atomic E-state index is -0.645. The standard InChI is InChI=1S/C12H20O/c1-5-6-12(13)8-10(2)7-11(3,4)9-12/h5,8,13H,1,6-7,9H2,2-4H3. The van der Waals surface area contributed by atoms with Crippen LogP contribution in [0.15, 0.2) is 24.3 Å². The first-order chi connectivity index (χ1) is 5.87. The molecule has 0 aromatic rings. The fraction of sp³-hybridized carbons (Fsp3) is 0.667. The summed E-state index contributed by atoms with van der Waals surface area (Å²) in [7, 11) is 0. The van der Waals surface area contributed by atoms with Crippen molar-refractivity contribution in [2.24, 2.45) is 5.41 Å². The monoisotopic (exact) mass is 180 g/mol. The summed E-state index contributed by atoms with van der Waals surface area (Å²) in [5.41, 5.74) is 0.866. The molecule has 0 radical (unpaired) electrons. The summed E-state index contributed by atoms with van der Waals surface area (Å²) in [5, 5.41) is 10.2. The number of rotatable bonds is 2. The van der Waals surface area contributed by atoms with Crippen molar-refractivity contribution in [3.63, 3.8) is 0 Å². The molecule has 0 aromatic carbocycles. The van der Waals surface area contributed by atoms with Crippen LogP contribution in [-0.4, -0.2) is 10.7 Å². The van der Waals surface area contributed by atoms with E-state index in [1.165, 1.54) is 5.57 Å². The molecular weight excluding hydrogens is 160 g/mol. The molecule has 0 aliphatic heterocycles. The van der Waals surface area contributed by atoms with E-state index >= 15 is 0 Å². The van der Waals surface area contributed by atoms with E-state index in [0.717, 1.165) is 12.8 Å². The molecule has 0 spiro atoms. The van der Waals surface area contributed by atoms with Gasteiger partial charge in [0.25, 0.3) is 0 Å². The van der Waals surface area contributed by atoms with E-state index in [-0.39, 0.29) is 5.41 Å². The zero-order chi connectivity index (χ0) is 10.1. The van der Waals surface area contributed by atoms with Gasteiger partial charge in [0.05, 0.1) is 5.60 Å². The summed E-state index contributed by atoms with van der Waals surface area (Å²) in [5.74, 6) is 0. The summed E-state index contributed by atoms with van der Waals surface area (Å²) >= 11 is 0. The Morgan fingerprint density at radius 1 is 1.62 bits per heavy atom. The van der Waals surface area contributed by atoms with E-state index < -0.39 is 5.60 Å². The van der Waals surface area contributed by atoms with Crippen molar-refractivity contribution >= 4 is 0 Å². The number of hydrogen-bond acceptors (Lipinski definition) is 1. The Bertz CT molecular complexity index is 238. The zero-order valence-corrected chi connectivity index (χ0v) is 8.93. The third-order valence-electron chi connectivity index (χ3n) is 2.55. The van der Waals surface area contributed by atoms with Crippen LogP contribution < -0.4 is 0 Å². The van der Waals surface area contributed by atoms with Crippen LogP contribution in [-0.2, 0) is 0 Å². The average Bonchev–Trinajstić information content (AvgIpc) is 1.78. The largest absolute Gasteiger partial charge is 0.385 e. The van der Waals surface area contributed by atoms with Crippen molar-refractivity contribution in [2.75, 3.05) is 0 Å². The van der Waals surface area contributed by atoms with E-state index in [1.807, 2.05) is 6.08 Å². The molecule has 0 heterocycles. The molecule has 0 saturated heterocycles. The van der Waals surface area contributed by atoms with Gasteiger partial charge in [0, 0.05) is 0 Å². The van der Waals surface area contributed by atoms with Crippen LogP contribution in [0.25, 0.3) is 0 Å². The van der Waals surface area contributed by atoms with Crippen molar-refractivity contribution in [1.29, 1.82) is 0 Å². The van der Waals surface area contributed by atoms with Crippen molar-refractivity contribution in [2.45, 2.75) is 45.6 Å². The van der Waals surface area contributed by atoms with Crippen LogP contribution in [0.2, 0.25) is 0 Å². The fourth-order valence-corrected chi connectivity index (χ4v) is 2.59. The summed E-state index contributed by atoms with van der Waals surface area (Å²) < 4.78 is 0. The third-order valence-corrected chi connectivity index (χ3v) is 2.55. The van der Waals surface area contributed by atoms with Crippen molar-refractivity contribution in [3.05, 3.63) is 24.3 Å². The molecule has 1 nitrogen and oxygen atoms in total. The predicted molar refractivity (Wildman–Crippen MR) is 56.5 cm³/mol. The van der Waals surface area contributed by atoms with E-state index in [1.54, 1.807) is 6.08 Å². The predicted octanol–water partition coefficient (Wildman–Crippen LogP) is 3.06. The second-order valence-electron chi connectivity index (χ2n) is 5.10. The van der Waals surface area contributed by atoms with Gasteiger partial charge in [-0.15, -0.1) is 6.58 Å². The fourth-order valence-electron chi connectivity index (χ4n) is 2.59. The highest BCUT2D eigenvalue weighted by Gasteiger charge is 2.35. The lowest BCUT2D eigenvalue weighted by molar-refractivity contribution is 0.0338. The minimum Gasteiger partial charge on any atom is -0.385 e. The molecule has 1 heteroatoms. The maximum atomic E-state index is 10.2. The van der Waals surface area contributed by atoms with Crippen LogP contribution >= 0.6 is 0 Å². The Hall–Kier alpha value is -0.560. The lowest BCUT2D eigenvalue weighted by atomic mass is 9.70. The summed E-state index contributed by atoms with van der Waals surface area (Å²) in [4.78, 5) is 0. The highest BCUT2D eigenvalue weighted by Crippen LogP contribution is 2.41. The van der Waals surface area contributed by atoms with Crippen molar-refractivity contribution < 1.29 is 5.11 Å². The zero-order valence-electron chi connectivity index (χ0n) is 8.93. The molecule has 13 heavy (non-hydrogen) atoms. The molecule has 1 unspecified atom stereocenters. The summed E-state index contributed by atoms with van der Waals surface area (Å²) in [6, 6.07) is 0. The maximum absolute atomic E-state index is 10.2. The Morgan fingerprint density at radius 3 is 2.69 bits per heavy atom. The van der Waals surface area contributed by atoms with Gasteiger partial charge in [-0.3, -0.25) is 0 Å². The minimum absolute atomic E-state index is 0.219. The normalized spacial score (nSPS) is 32.5. The highest BCUT2D eigenvalue weighted by atomic mass is 16.3. The number of aliphatic hydroxyl groups is 1. The average molecular weight is 180 g/mol. The SMILES string of the molecule is C=CCC1(O)C=C(C)CC(C)(C)C1. The number of allylic oxidation sites excluding steroid dienone is 1. The lowest BCUT2D eigenvalue weighted by Crippen LogP contribution is -2.36. The Balaban J connectivity index is 2.88. The Kier molecular flexibility index (Phi) is 2.67. The Labute approximate surface area is 81.2 Å². The van der Waals surface area contributed by atoms with Crippen LogP contribution in [0.1, 0.15) is 40.0 Å². The first kappa shape index (κ1) is 10.5. The van der Waals surface area contributed by atoms with E-state index in [0.29, 0.717) is 6.42 Å².